The molecule has 0 unspecified atom stereocenters. The second-order valence-electron chi connectivity index (χ2n) is 6.07. The van der Waals surface area contributed by atoms with E-state index in [0.29, 0.717) is 0 Å². The highest BCUT2D eigenvalue weighted by Crippen LogP contribution is 2.27. The number of carbonyl (C=O) groups is 2. The maximum absolute atomic E-state index is 12.5. The molecule has 1 saturated carbocycles. The molecule has 0 aromatic heterocycles. The van der Waals surface area contributed by atoms with Crippen LogP contribution in [0.4, 0.5) is 0 Å². The van der Waals surface area contributed by atoms with E-state index in [-0.39, 0.29) is 23.5 Å². The summed E-state index contributed by atoms with van der Waals surface area (Å²) in [6.07, 6.45) is 5.53. The van der Waals surface area contributed by atoms with Gasteiger partial charge in [-0.1, -0.05) is 25.7 Å². The van der Waals surface area contributed by atoms with E-state index in [4.69, 9.17) is 0 Å². The van der Waals surface area contributed by atoms with Crippen molar-refractivity contribution < 1.29 is 24.5 Å². The molecule has 6 heteroatoms. The first-order valence-corrected chi connectivity index (χ1v) is 7.85. The lowest BCUT2D eigenvalue weighted by atomic mass is 9.90. The second kappa shape index (κ2) is 7.46. The largest absolute Gasteiger partial charge is 0.508 e. The van der Waals surface area contributed by atoms with E-state index in [1.165, 1.54) is 25.3 Å². The van der Waals surface area contributed by atoms with Gasteiger partial charge in [0, 0.05) is 5.56 Å². The van der Waals surface area contributed by atoms with E-state index < -0.39 is 17.4 Å². The number of rotatable bonds is 4. The Morgan fingerprint density at radius 2 is 1.74 bits per heavy atom. The van der Waals surface area contributed by atoms with Crippen LogP contribution >= 0.6 is 0 Å². The summed E-state index contributed by atoms with van der Waals surface area (Å²) in [5, 5.41) is 22.4. The van der Waals surface area contributed by atoms with Crippen molar-refractivity contribution in [1.29, 1.82) is 0 Å². The minimum Gasteiger partial charge on any atom is -0.508 e. The van der Waals surface area contributed by atoms with Gasteiger partial charge in [0.15, 0.2) is 0 Å². The maximum Gasteiger partial charge on any atom is 0.338 e. The zero-order valence-corrected chi connectivity index (χ0v) is 13.3. The summed E-state index contributed by atoms with van der Waals surface area (Å²) in [5.74, 6) is -1.22. The van der Waals surface area contributed by atoms with Gasteiger partial charge in [-0.25, -0.2) is 4.79 Å². The number of benzene rings is 1. The summed E-state index contributed by atoms with van der Waals surface area (Å²) in [7, 11) is 1.23. The highest BCUT2D eigenvalue weighted by Gasteiger charge is 2.32. The standard InChI is InChI=1S/C17H23NO5/c1-23-16(22)13-8-12(9-14(20)10-13)15(21)18-17(11-19)6-4-2-3-5-7-17/h8-10,19-20H,2-7,11H2,1H3,(H,18,21). The molecule has 0 bridgehead atoms. The predicted octanol–water partition coefficient (Wildman–Crippen LogP) is 1.99. The van der Waals surface area contributed by atoms with Crippen LogP contribution in [0.1, 0.15) is 59.2 Å². The van der Waals surface area contributed by atoms with Gasteiger partial charge in [0.25, 0.3) is 5.91 Å². The van der Waals surface area contributed by atoms with Gasteiger partial charge in [-0.2, -0.15) is 0 Å². The summed E-state index contributed by atoms with van der Waals surface area (Å²) in [6, 6.07) is 3.92. The van der Waals surface area contributed by atoms with Crippen molar-refractivity contribution in [2.24, 2.45) is 0 Å². The summed E-state index contributed by atoms with van der Waals surface area (Å²) in [5.41, 5.74) is -0.358. The van der Waals surface area contributed by atoms with Gasteiger partial charge in [0.05, 0.1) is 24.8 Å². The van der Waals surface area contributed by atoms with Gasteiger partial charge < -0.3 is 20.3 Å². The first-order chi connectivity index (χ1) is 11.0. The van der Waals surface area contributed by atoms with E-state index in [1.807, 2.05) is 0 Å². The van der Waals surface area contributed by atoms with Gasteiger partial charge in [0.2, 0.25) is 0 Å². The number of ether oxygens (including phenoxy) is 1. The van der Waals surface area contributed by atoms with E-state index in [9.17, 15) is 19.8 Å². The molecule has 23 heavy (non-hydrogen) atoms. The Labute approximate surface area is 135 Å². The lowest BCUT2D eigenvalue weighted by Crippen LogP contribution is -2.51. The quantitative estimate of drug-likeness (QED) is 0.582. The molecule has 1 aliphatic carbocycles. The Kier molecular flexibility index (Phi) is 5.60. The second-order valence-corrected chi connectivity index (χ2v) is 6.07. The molecular formula is C17H23NO5. The number of esters is 1. The molecule has 1 aliphatic rings. The number of aromatic hydroxyl groups is 1. The van der Waals surface area contributed by atoms with Gasteiger partial charge >= 0.3 is 5.97 Å². The molecule has 2 rings (SSSR count). The number of hydrogen-bond acceptors (Lipinski definition) is 5. The van der Waals surface area contributed by atoms with Crippen LogP contribution in [0.2, 0.25) is 0 Å². The molecular weight excluding hydrogens is 298 g/mol. The summed E-state index contributed by atoms with van der Waals surface area (Å²) < 4.78 is 4.61. The monoisotopic (exact) mass is 321 g/mol. The lowest BCUT2D eigenvalue weighted by molar-refractivity contribution is 0.0600. The van der Waals surface area contributed by atoms with Gasteiger partial charge in [0.1, 0.15) is 5.75 Å². The molecule has 0 saturated heterocycles. The van der Waals surface area contributed by atoms with Crippen molar-refractivity contribution in [3.63, 3.8) is 0 Å². The van der Waals surface area contributed by atoms with Gasteiger partial charge in [-0.15, -0.1) is 0 Å². The van der Waals surface area contributed by atoms with Gasteiger partial charge in [-0.3, -0.25) is 4.79 Å². The van der Waals surface area contributed by atoms with Crippen LogP contribution in [-0.2, 0) is 4.74 Å². The Balaban J connectivity index is 2.22. The molecule has 0 spiro atoms. The molecule has 0 radical (unpaired) electrons. The van der Waals surface area contributed by atoms with Crippen LogP contribution in [0.3, 0.4) is 0 Å². The highest BCUT2D eigenvalue weighted by atomic mass is 16.5. The normalized spacial score (nSPS) is 17.1. The molecule has 0 aliphatic heterocycles. The SMILES string of the molecule is COC(=O)c1cc(O)cc(C(=O)NC2(CO)CCCCCC2)c1. The predicted molar refractivity (Wildman–Crippen MR) is 84.4 cm³/mol. The molecule has 1 amide bonds. The minimum absolute atomic E-state index is 0.108. The van der Waals surface area contributed by atoms with E-state index >= 15 is 0 Å². The Bertz CT molecular complexity index is 576. The van der Waals surface area contributed by atoms with Crippen molar-refractivity contribution in [1.82, 2.24) is 5.32 Å². The molecule has 3 N–H and O–H groups in total. The smallest absolute Gasteiger partial charge is 0.338 e. The summed E-state index contributed by atoms with van der Waals surface area (Å²) in [6.45, 7) is -0.124. The van der Waals surface area contributed by atoms with Crippen molar-refractivity contribution in [2.75, 3.05) is 13.7 Å². The average molecular weight is 321 g/mol. The fourth-order valence-corrected chi connectivity index (χ4v) is 3.02. The van der Waals surface area contributed by atoms with Crippen molar-refractivity contribution in [2.45, 2.75) is 44.1 Å². The number of nitrogens with one attached hydrogen (secondary N) is 1. The number of amides is 1. The molecule has 1 aromatic carbocycles. The van der Waals surface area contributed by atoms with Gasteiger partial charge in [-0.05, 0) is 31.0 Å². The van der Waals surface area contributed by atoms with Crippen LogP contribution in [0.5, 0.6) is 5.75 Å². The molecule has 0 atom stereocenters. The number of aliphatic hydroxyl groups excluding tert-OH is 1. The first-order valence-electron chi connectivity index (χ1n) is 7.85. The van der Waals surface area contributed by atoms with Crippen LogP contribution < -0.4 is 5.32 Å². The fourth-order valence-electron chi connectivity index (χ4n) is 3.02. The third kappa shape index (κ3) is 4.22. The number of methoxy groups -OCH3 is 1. The third-order valence-electron chi connectivity index (χ3n) is 4.34. The number of phenolic OH excluding ortho intramolecular Hbond substituents is 1. The van der Waals surface area contributed by atoms with Crippen molar-refractivity contribution >= 4 is 11.9 Å². The summed E-state index contributed by atoms with van der Waals surface area (Å²) >= 11 is 0. The Morgan fingerprint density at radius 1 is 1.13 bits per heavy atom. The molecule has 1 aromatic rings. The van der Waals surface area contributed by atoms with Crippen LogP contribution in [0.15, 0.2) is 18.2 Å². The topological polar surface area (TPSA) is 95.9 Å². The molecule has 6 nitrogen and oxygen atoms in total. The first kappa shape index (κ1) is 17.3. The number of phenols is 1. The minimum atomic E-state index is -0.634. The third-order valence-corrected chi connectivity index (χ3v) is 4.34. The zero-order chi connectivity index (χ0) is 16.9. The van der Waals surface area contributed by atoms with Crippen LogP contribution in [0.25, 0.3) is 0 Å². The number of aliphatic hydroxyl groups is 1. The zero-order valence-electron chi connectivity index (χ0n) is 13.3. The van der Waals surface area contributed by atoms with E-state index in [0.717, 1.165) is 38.5 Å². The number of hydrogen-bond donors (Lipinski definition) is 3. The maximum atomic E-state index is 12.5. The van der Waals surface area contributed by atoms with Crippen molar-refractivity contribution in [3.05, 3.63) is 29.3 Å². The summed E-state index contributed by atoms with van der Waals surface area (Å²) in [4.78, 5) is 24.1. The number of carbonyl (C=O) groups excluding carboxylic acids is 2. The molecule has 1 fully saturated rings. The Morgan fingerprint density at radius 3 is 2.30 bits per heavy atom. The molecule has 0 heterocycles. The fraction of sp³-hybridized carbons (Fsp3) is 0.529. The van der Waals surface area contributed by atoms with Crippen LogP contribution in [-0.4, -0.2) is 41.3 Å². The van der Waals surface area contributed by atoms with E-state index in [2.05, 4.69) is 10.1 Å². The lowest BCUT2D eigenvalue weighted by Gasteiger charge is -2.32. The van der Waals surface area contributed by atoms with E-state index in [1.54, 1.807) is 0 Å². The molecule has 126 valence electrons. The highest BCUT2D eigenvalue weighted by molar-refractivity contribution is 5.98. The average Bonchev–Trinajstić information content (AvgIpc) is 2.79. The van der Waals surface area contributed by atoms with Crippen LogP contribution in [0, 0.1) is 0 Å². The Hall–Kier alpha value is -2.08. The van der Waals surface area contributed by atoms with Crippen molar-refractivity contribution in [3.8, 4) is 5.75 Å².